The van der Waals surface area contributed by atoms with Crippen molar-refractivity contribution in [1.82, 2.24) is 5.32 Å². The van der Waals surface area contributed by atoms with Crippen LogP contribution in [0.2, 0.25) is 0 Å². The van der Waals surface area contributed by atoms with Crippen LogP contribution in [0, 0.1) is 5.92 Å². The summed E-state index contributed by atoms with van der Waals surface area (Å²) < 4.78 is 38.4. The molecule has 1 aliphatic carbocycles. The van der Waals surface area contributed by atoms with Gasteiger partial charge in [-0.25, -0.2) is 0 Å². The average Bonchev–Trinajstić information content (AvgIpc) is 2.37. The summed E-state index contributed by atoms with van der Waals surface area (Å²) in [5, 5.41) is 22.2. The zero-order valence-corrected chi connectivity index (χ0v) is 11.8. The smallest absolute Gasteiger partial charge is 0.391 e. The predicted molar refractivity (Wildman–Crippen MR) is 73.1 cm³/mol. The van der Waals surface area contributed by atoms with Gasteiger partial charge in [0, 0.05) is 23.7 Å². The zero-order chi connectivity index (χ0) is 15.6. The van der Waals surface area contributed by atoms with E-state index < -0.39 is 12.1 Å². The van der Waals surface area contributed by atoms with Crippen LogP contribution in [-0.4, -0.2) is 22.4 Å². The van der Waals surface area contributed by atoms with Crippen molar-refractivity contribution in [3.63, 3.8) is 0 Å². The fraction of sp³-hybridized carbons (Fsp3) is 0.600. The first-order chi connectivity index (χ1) is 9.77. The number of rotatable bonds is 3. The quantitative estimate of drug-likeness (QED) is 0.794. The number of benzene rings is 1. The first-order valence-corrected chi connectivity index (χ1v) is 7.12. The molecule has 0 bridgehead atoms. The lowest BCUT2D eigenvalue weighted by Gasteiger charge is -2.33. The Morgan fingerprint density at radius 3 is 2.57 bits per heavy atom. The van der Waals surface area contributed by atoms with Crippen molar-refractivity contribution in [2.45, 2.75) is 50.9 Å². The molecular weight excluding hydrogens is 283 g/mol. The number of alkyl halides is 3. The highest BCUT2D eigenvalue weighted by Crippen LogP contribution is 2.38. The van der Waals surface area contributed by atoms with Gasteiger partial charge in [-0.2, -0.15) is 13.2 Å². The summed E-state index contributed by atoms with van der Waals surface area (Å²) in [5.41, 5.74) is 0.571. The molecule has 3 unspecified atom stereocenters. The minimum Gasteiger partial charge on any atom is -0.508 e. The Morgan fingerprint density at radius 1 is 1.24 bits per heavy atom. The molecule has 6 heteroatoms. The van der Waals surface area contributed by atoms with E-state index in [9.17, 15) is 23.4 Å². The van der Waals surface area contributed by atoms with Crippen LogP contribution in [0.15, 0.2) is 18.2 Å². The number of halogens is 3. The molecule has 0 amide bonds. The van der Waals surface area contributed by atoms with Gasteiger partial charge in [0.2, 0.25) is 0 Å². The van der Waals surface area contributed by atoms with Crippen molar-refractivity contribution in [2.24, 2.45) is 5.92 Å². The summed E-state index contributed by atoms with van der Waals surface area (Å²) >= 11 is 0. The molecule has 3 N–H and O–H groups in total. The molecule has 1 aromatic rings. The minimum absolute atomic E-state index is 0.0433. The van der Waals surface area contributed by atoms with Gasteiger partial charge in [0.05, 0.1) is 5.92 Å². The number of hydrogen-bond donors (Lipinski definition) is 3. The number of phenols is 2. The van der Waals surface area contributed by atoms with Crippen molar-refractivity contribution in [2.75, 3.05) is 0 Å². The first-order valence-electron chi connectivity index (χ1n) is 7.12. The van der Waals surface area contributed by atoms with Gasteiger partial charge >= 0.3 is 6.18 Å². The Morgan fingerprint density at radius 2 is 1.95 bits per heavy atom. The van der Waals surface area contributed by atoms with Crippen LogP contribution >= 0.6 is 0 Å². The molecule has 1 aliphatic rings. The van der Waals surface area contributed by atoms with Gasteiger partial charge in [0.1, 0.15) is 11.5 Å². The van der Waals surface area contributed by atoms with Crippen molar-refractivity contribution < 1.29 is 23.4 Å². The number of hydrogen-bond acceptors (Lipinski definition) is 3. The van der Waals surface area contributed by atoms with Gasteiger partial charge in [-0.1, -0.05) is 12.5 Å². The number of nitrogens with one attached hydrogen (secondary N) is 1. The standard InChI is InChI=1S/C15H20F3NO2/c1-9(13-6-5-12(20)8-14(13)21)19-11-4-2-3-10(7-11)15(16,17)18/h5-6,8-11,19-21H,2-4,7H2,1H3. The molecule has 2 rings (SSSR count). The molecule has 1 saturated carbocycles. The van der Waals surface area contributed by atoms with E-state index in [2.05, 4.69) is 5.32 Å². The van der Waals surface area contributed by atoms with Gasteiger partial charge in [-0.3, -0.25) is 0 Å². The van der Waals surface area contributed by atoms with E-state index in [1.54, 1.807) is 13.0 Å². The van der Waals surface area contributed by atoms with Crippen LogP contribution < -0.4 is 5.32 Å². The van der Waals surface area contributed by atoms with Gasteiger partial charge in [-0.15, -0.1) is 0 Å². The predicted octanol–water partition coefficient (Wildman–Crippen LogP) is 3.87. The summed E-state index contributed by atoms with van der Waals surface area (Å²) in [6.07, 6.45) is -2.61. The topological polar surface area (TPSA) is 52.5 Å². The third-order valence-electron chi connectivity index (χ3n) is 4.10. The lowest BCUT2D eigenvalue weighted by atomic mass is 9.84. The second-order valence-electron chi connectivity index (χ2n) is 5.73. The maximum absolute atomic E-state index is 12.8. The van der Waals surface area contributed by atoms with Crippen LogP contribution in [0.1, 0.15) is 44.2 Å². The molecule has 21 heavy (non-hydrogen) atoms. The SMILES string of the molecule is CC(NC1CCCC(C(F)(F)F)C1)c1ccc(O)cc1O. The fourth-order valence-corrected chi connectivity index (χ4v) is 2.98. The second kappa shape index (κ2) is 6.13. The molecule has 0 heterocycles. The van der Waals surface area contributed by atoms with Crippen molar-refractivity contribution in [3.05, 3.63) is 23.8 Å². The van der Waals surface area contributed by atoms with E-state index in [1.807, 2.05) is 0 Å². The van der Waals surface area contributed by atoms with Crippen molar-refractivity contribution in [1.29, 1.82) is 0 Å². The molecular formula is C15H20F3NO2. The van der Waals surface area contributed by atoms with E-state index in [0.29, 0.717) is 18.4 Å². The normalized spacial score (nSPS) is 24.8. The van der Waals surface area contributed by atoms with Crippen LogP contribution in [0.4, 0.5) is 13.2 Å². The summed E-state index contributed by atoms with van der Waals surface area (Å²) in [4.78, 5) is 0. The molecule has 3 atom stereocenters. The van der Waals surface area contributed by atoms with Gasteiger partial charge in [-0.05, 0) is 32.3 Å². The first kappa shape index (κ1) is 15.9. The van der Waals surface area contributed by atoms with Gasteiger partial charge in [0.15, 0.2) is 0 Å². The Balaban J connectivity index is 2.00. The summed E-state index contributed by atoms with van der Waals surface area (Å²) in [6, 6.07) is 3.77. The Hall–Kier alpha value is -1.43. The highest BCUT2D eigenvalue weighted by Gasteiger charge is 2.42. The molecule has 1 fully saturated rings. The third kappa shape index (κ3) is 4.03. The molecule has 3 nitrogen and oxygen atoms in total. The van der Waals surface area contributed by atoms with Crippen LogP contribution in [0.3, 0.4) is 0 Å². The third-order valence-corrected chi connectivity index (χ3v) is 4.10. The molecule has 0 saturated heterocycles. The monoisotopic (exact) mass is 303 g/mol. The van der Waals surface area contributed by atoms with Crippen LogP contribution in [-0.2, 0) is 0 Å². The minimum atomic E-state index is -4.13. The lowest BCUT2D eigenvalue weighted by molar-refractivity contribution is -0.183. The molecule has 0 spiro atoms. The lowest BCUT2D eigenvalue weighted by Crippen LogP contribution is -2.39. The Labute approximate surface area is 121 Å². The van der Waals surface area contributed by atoms with E-state index in [4.69, 9.17) is 0 Å². The van der Waals surface area contributed by atoms with E-state index in [-0.39, 0.29) is 36.4 Å². The molecule has 0 aromatic heterocycles. The highest BCUT2D eigenvalue weighted by atomic mass is 19.4. The summed E-state index contributed by atoms with van der Waals surface area (Å²) in [6.45, 7) is 1.79. The van der Waals surface area contributed by atoms with Crippen LogP contribution in [0.5, 0.6) is 11.5 Å². The van der Waals surface area contributed by atoms with Gasteiger partial charge in [0.25, 0.3) is 0 Å². The second-order valence-corrected chi connectivity index (χ2v) is 5.73. The van der Waals surface area contributed by atoms with Crippen molar-refractivity contribution >= 4 is 0 Å². The average molecular weight is 303 g/mol. The fourth-order valence-electron chi connectivity index (χ4n) is 2.98. The molecule has 0 aliphatic heterocycles. The molecule has 1 aromatic carbocycles. The summed E-state index contributed by atoms with van der Waals surface area (Å²) in [7, 11) is 0. The Kier molecular flexibility index (Phi) is 4.66. The Bertz CT molecular complexity index is 490. The molecule has 118 valence electrons. The zero-order valence-electron chi connectivity index (χ0n) is 11.8. The van der Waals surface area contributed by atoms with E-state index in [0.717, 1.165) is 0 Å². The van der Waals surface area contributed by atoms with E-state index >= 15 is 0 Å². The van der Waals surface area contributed by atoms with Crippen molar-refractivity contribution in [3.8, 4) is 11.5 Å². The molecule has 0 radical (unpaired) electrons. The van der Waals surface area contributed by atoms with Gasteiger partial charge < -0.3 is 15.5 Å². The maximum atomic E-state index is 12.8. The number of aromatic hydroxyl groups is 2. The largest absolute Gasteiger partial charge is 0.508 e. The summed E-state index contributed by atoms with van der Waals surface area (Å²) in [5.74, 6) is -1.35. The maximum Gasteiger partial charge on any atom is 0.391 e. The van der Waals surface area contributed by atoms with E-state index in [1.165, 1.54) is 12.1 Å². The number of phenolic OH excluding ortho intramolecular Hbond substituents is 2. The van der Waals surface area contributed by atoms with Crippen LogP contribution in [0.25, 0.3) is 0 Å². The highest BCUT2D eigenvalue weighted by molar-refractivity contribution is 5.40.